The number of amides is 2. The van der Waals surface area contributed by atoms with Gasteiger partial charge in [-0.15, -0.1) is 0 Å². The van der Waals surface area contributed by atoms with Gasteiger partial charge in [0.15, 0.2) is 17.6 Å². The minimum absolute atomic E-state index is 0.140. The van der Waals surface area contributed by atoms with Crippen LogP contribution in [0.4, 0.5) is 21.5 Å². The van der Waals surface area contributed by atoms with Gasteiger partial charge in [0, 0.05) is 12.1 Å². The first kappa shape index (κ1) is 24.7. The van der Waals surface area contributed by atoms with Gasteiger partial charge < -0.3 is 9.84 Å². The molecule has 0 bridgehead atoms. The molecule has 3 unspecified atom stereocenters. The summed E-state index contributed by atoms with van der Waals surface area (Å²) in [5, 5.41) is 23.1. The zero-order valence-electron chi connectivity index (χ0n) is 19.2. The lowest BCUT2D eigenvalue weighted by atomic mass is 9.90. The van der Waals surface area contributed by atoms with Crippen molar-refractivity contribution in [1.29, 1.82) is 0 Å². The average Bonchev–Trinajstić information content (AvgIpc) is 3.38. The molecule has 0 radical (unpaired) electrons. The first-order valence-electron chi connectivity index (χ1n) is 11.2. The molecule has 0 aliphatic carbocycles. The molecule has 3 aromatic carbocycles. The number of hydroxylamine groups is 1. The first-order chi connectivity index (χ1) is 17.7. The summed E-state index contributed by atoms with van der Waals surface area (Å²) in [6.45, 7) is 1.99. The summed E-state index contributed by atoms with van der Waals surface area (Å²) in [5.41, 5.74) is 0.695. The maximum Gasteiger partial charge on any atom is 0.271 e. The average molecular weight is 572 g/mol. The van der Waals surface area contributed by atoms with Gasteiger partial charge in [-0.3, -0.25) is 24.5 Å². The van der Waals surface area contributed by atoms with Gasteiger partial charge in [0.25, 0.3) is 11.6 Å². The summed E-state index contributed by atoms with van der Waals surface area (Å²) < 4.78 is 19.3. The van der Waals surface area contributed by atoms with Crippen molar-refractivity contribution >= 4 is 44.8 Å². The van der Waals surface area contributed by atoms with Gasteiger partial charge in [-0.25, -0.2) is 14.4 Å². The van der Waals surface area contributed by atoms with Crippen LogP contribution in [0.25, 0.3) is 0 Å². The van der Waals surface area contributed by atoms with Crippen molar-refractivity contribution in [2.75, 3.05) is 16.6 Å². The number of phenols is 1. The van der Waals surface area contributed by atoms with Gasteiger partial charge in [0.05, 0.1) is 33.4 Å². The van der Waals surface area contributed by atoms with E-state index in [1.54, 1.807) is 19.1 Å². The van der Waals surface area contributed by atoms with E-state index < -0.39 is 40.6 Å². The number of hydrogen-bond donors (Lipinski definition) is 1. The number of anilines is 2. The number of nitro benzene ring substituents is 1. The van der Waals surface area contributed by atoms with Gasteiger partial charge in [0.1, 0.15) is 11.7 Å². The molecular formula is C25H19BrFN3O7. The fourth-order valence-electron chi connectivity index (χ4n) is 4.60. The first-order valence-corrected chi connectivity index (χ1v) is 12.0. The Hall–Kier alpha value is -4.03. The number of rotatable bonds is 6. The number of hydrogen-bond acceptors (Lipinski definition) is 8. The molecule has 2 aliphatic heterocycles. The summed E-state index contributed by atoms with van der Waals surface area (Å²) in [4.78, 5) is 44.9. The topological polar surface area (TPSA) is 122 Å². The van der Waals surface area contributed by atoms with Crippen molar-refractivity contribution in [2.24, 2.45) is 5.92 Å². The minimum atomic E-state index is -1.25. The SMILES string of the molecule is CCOc1cc(C2C3C(=O)N(c4ccc(F)cc4)C(=O)C3ON2c2cccc([N+](=O)[O-])c2)cc(Br)c1O. The fraction of sp³-hybridized carbons (Fsp3) is 0.200. The van der Waals surface area contributed by atoms with E-state index in [-0.39, 0.29) is 39.6 Å². The number of benzene rings is 3. The molecule has 0 spiro atoms. The molecule has 2 aliphatic rings. The van der Waals surface area contributed by atoms with Crippen LogP contribution in [0.3, 0.4) is 0 Å². The number of aromatic hydroxyl groups is 1. The molecule has 3 aromatic rings. The quantitative estimate of drug-likeness (QED) is 0.257. The van der Waals surface area contributed by atoms with Crippen molar-refractivity contribution in [3.8, 4) is 11.5 Å². The molecule has 0 aromatic heterocycles. The van der Waals surface area contributed by atoms with E-state index in [4.69, 9.17) is 9.57 Å². The molecule has 1 N–H and O–H groups in total. The minimum Gasteiger partial charge on any atom is -0.503 e. The van der Waals surface area contributed by atoms with E-state index in [9.17, 15) is 29.2 Å². The van der Waals surface area contributed by atoms with E-state index in [0.29, 0.717) is 5.56 Å². The standard InChI is InChI=1S/C25H19BrFN3O7/c1-2-36-19-11-13(10-18(26)22(19)31)21-20-23(37-29(21)16-4-3-5-17(12-16)30(34)35)25(33)28(24(20)32)15-8-6-14(27)7-9-15/h3-12,20-21,23,31H,2H2,1H3. The number of ether oxygens (including phenoxy) is 1. The number of carbonyl (C=O) groups excluding carboxylic acids is 2. The van der Waals surface area contributed by atoms with Crippen LogP contribution in [0.5, 0.6) is 11.5 Å². The summed E-state index contributed by atoms with van der Waals surface area (Å²) >= 11 is 3.30. The number of nitrogens with zero attached hydrogens (tertiary/aromatic N) is 3. The Morgan fingerprint density at radius 3 is 2.51 bits per heavy atom. The molecule has 12 heteroatoms. The lowest BCUT2D eigenvalue weighted by Crippen LogP contribution is -2.37. The molecule has 0 saturated carbocycles. The second-order valence-electron chi connectivity index (χ2n) is 8.37. The van der Waals surface area contributed by atoms with Gasteiger partial charge >= 0.3 is 0 Å². The molecule has 190 valence electrons. The van der Waals surface area contributed by atoms with Gasteiger partial charge in [-0.1, -0.05) is 6.07 Å². The van der Waals surface area contributed by atoms with E-state index in [2.05, 4.69) is 15.9 Å². The number of nitro groups is 1. The Kier molecular flexibility index (Phi) is 6.30. The second-order valence-corrected chi connectivity index (χ2v) is 9.22. The third kappa shape index (κ3) is 4.17. The van der Waals surface area contributed by atoms with Crippen LogP contribution >= 0.6 is 15.9 Å². The smallest absolute Gasteiger partial charge is 0.271 e. The van der Waals surface area contributed by atoms with E-state index in [1.807, 2.05) is 0 Å². The number of halogens is 2. The third-order valence-electron chi connectivity index (χ3n) is 6.19. The number of carbonyl (C=O) groups is 2. The summed E-state index contributed by atoms with van der Waals surface area (Å²) in [6.07, 6.45) is -1.25. The second kappa shape index (κ2) is 9.45. The van der Waals surface area contributed by atoms with Crippen molar-refractivity contribution in [3.63, 3.8) is 0 Å². The molecule has 2 heterocycles. The maximum absolute atomic E-state index is 13.7. The summed E-state index contributed by atoms with van der Waals surface area (Å²) in [7, 11) is 0. The van der Waals surface area contributed by atoms with E-state index >= 15 is 0 Å². The van der Waals surface area contributed by atoms with E-state index in [0.717, 1.165) is 17.0 Å². The Balaban J connectivity index is 1.64. The lowest BCUT2D eigenvalue weighted by molar-refractivity contribution is -0.384. The highest BCUT2D eigenvalue weighted by Crippen LogP contribution is 2.50. The Labute approximate surface area is 218 Å². The molecule has 5 rings (SSSR count). The molecule has 2 amide bonds. The molecule has 37 heavy (non-hydrogen) atoms. The van der Waals surface area contributed by atoms with Crippen molar-refractivity contribution in [2.45, 2.75) is 19.1 Å². The highest BCUT2D eigenvalue weighted by molar-refractivity contribution is 9.10. The fourth-order valence-corrected chi connectivity index (χ4v) is 5.06. The van der Waals surface area contributed by atoms with Gasteiger partial charge in [-0.05, 0) is 70.9 Å². The Bertz CT molecular complexity index is 1420. The lowest BCUT2D eigenvalue weighted by Gasteiger charge is -2.29. The number of fused-ring (bicyclic) bond motifs is 1. The molecule has 10 nitrogen and oxygen atoms in total. The maximum atomic E-state index is 13.7. The van der Waals surface area contributed by atoms with Crippen LogP contribution in [0, 0.1) is 21.8 Å². The van der Waals surface area contributed by atoms with Crippen LogP contribution in [0.1, 0.15) is 18.5 Å². The Morgan fingerprint density at radius 2 is 1.84 bits per heavy atom. The predicted octanol–water partition coefficient (Wildman–Crippen LogP) is 4.65. The zero-order valence-corrected chi connectivity index (χ0v) is 20.8. The summed E-state index contributed by atoms with van der Waals surface area (Å²) in [5.74, 6) is -2.82. The number of non-ortho nitro benzene ring substituents is 1. The monoisotopic (exact) mass is 571 g/mol. The highest BCUT2D eigenvalue weighted by atomic mass is 79.9. The van der Waals surface area contributed by atoms with Crippen LogP contribution in [-0.4, -0.2) is 34.6 Å². The summed E-state index contributed by atoms with van der Waals surface area (Å²) in [6, 6.07) is 12.7. The highest BCUT2D eigenvalue weighted by Gasteiger charge is 2.60. The van der Waals surface area contributed by atoms with Crippen molar-refractivity contribution in [1.82, 2.24) is 0 Å². The van der Waals surface area contributed by atoms with Crippen molar-refractivity contribution < 1.29 is 33.6 Å². The van der Waals surface area contributed by atoms with Gasteiger partial charge in [0.2, 0.25) is 5.91 Å². The normalized spacial score (nSPS) is 20.9. The molecule has 2 fully saturated rings. The third-order valence-corrected chi connectivity index (χ3v) is 6.79. The van der Waals surface area contributed by atoms with Crippen LogP contribution in [0.15, 0.2) is 65.1 Å². The van der Waals surface area contributed by atoms with Gasteiger partial charge in [-0.2, -0.15) is 0 Å². The van der Waals surface area contributed by atoms with Crippen LogP contribution < -0.4 is 14.7 Å². The van der Waals surface area contributed by atoms with Crippen LogP contribution in [-0.2, 0) is 14.4 Å². The van der Waals surface area contributed by atoms with Crippen LogP contribution in [0.2, 0.25) is 0 Å². The molecule has 3 atom stereocenters. The van der Waals surface area contributed by atoms with Crippen molar-refractivity contribution in [3.05, 3.63) is 86.6 Å². The molecule has 2 saturated heterocycles. The van der Waals surface area contributed by atoms with E-state index in [1.165, 1.54) is 41.5 Å². The predicted molar refractivity (Wildman–Crippen MR) is 133 cm³/mol. The molecular weight excluding hydrogens is 553 g/mol. The largest absolute Gasteiger partial charge is 0.503 e. The zero-order chi connectivity index (χ0) is 26.4. The number of phenolic OH excluding ortho intramolecular Hbond substituents is 1. The number of imide groups is 1. The Morgan fingerprint density at radius 1 is 1.11 bits per heavy atom.